The van der Waals surface area contributed by atoms with Gasteiger partial charge in [-0.3, -0.25) is 10.1 Å². The van der Waals surface area contributed by atoms with Gasteiger partial charge in [0.1, 0.15) is 0 Å². The number of rotatable bonds is 1. The van der Waals surface area contributed by atoms with Gasteiger partial charge in [0.25, 0.3) is 0 Å². The Morgan fingerprint density at radius 2 is 2.00 bits per heavy atom. The third kappa shape index (κ3) is 1.10. The molecule has 1 aromatic rings. The molecule has 0 atom stereocenters. The maximum absolute atomic E-state index is 12.4. The standard InChI is InChI=1S/C6H4FNO2/c7-5-3-1-2-4-6(5)8(9)10/h1-4H/i1+1,2+1,3+1,4+1,5+1,6+1. The number of nitrogens with zero attached hydrogens (tertiary/aromatic N) is 1. The SMILES string of the molecule is O=[N+]([O-])[13c]1[13cH][13cH][13cH][13cH][13c]1F. The lowest BCUT2D eigenvalue weighted by atomic mass is 11.3. The van der Waals surface area contributed by atoms with Crippen LogP contribution in [0.25, 0.3) is 0 Å². The van der Waals surface area contributed by atoms with E-state index in [1.54, 1.807) is 0 Å². The first kappa shape index (κ1) is 6.67. The number of nitro benzene ring substituents is 1. The number of benzene rings is 1. The minimum atomic E-state index is -0.799. The van der Waals surface area contributed by atoms with Crippen LogP contribution in [0.2, 0.25) is 0 Å². The van der Waals surface area contributed by atoms with Crippen molar-refractivity contribution in [2.24, 2.45) is 0 Å². The van der Waals surface area contributed by atoms with Crippen molar-refractivity contribution < 1.29 is 9.31 Å². The molecule has 0 aliphatic rings. The van der Waals surface area contributed by atoms with Crippen LogP contribution in [0.5, 0.6) is 0 Å². The summed E-state index contributed by atoms with van der Waals surface area (Å²) in [5.74, 6) is -0.799. The largest absolute Gasteiger partial charge is 0.304 e. The quantitative estimate of drug-likeness (QED) is 0.448. The highest BCUT2D eigenvalue weighted by Crippen LogP contribution is 2.14. The Kier molecular flexibility index (Phi) is 1.62. The van der Waals surface area contributed by atoms with Gasteiger partial charge in [0.2, 0.25) is 5.82 Å². The van der Waals surface area contributed by atoms with Crippen LogP contribution in [0.15, 0.2) is 24.3 Å². The molecule has 0 radical (unpaired) electrons. The third-order valence-corrected chi connectivity index (χ3v) is 1.05. The van der Waals surface area contributed by atoms with Crippen molar-refractivity contribution in [2.45, 2.75) is 0 Å². The molecule has 0 bridgehead atoms. The van der Waals surface area contributed by atoms with Crippen LogP contribution in [-0.4, -0.2) is 4.92 Å². The van der Waals surface area contributed by atoms with Gasteiger partial charge < -0.3 is 0 Å². The van der Waals surface area contributed by atoms with Crippen LogP contribution in [0, 0.1) is 15.9 Å². The third-order valence-electron chi connectivity index (χ3n) is 1.05. The van der Waals surface area contributed by atoms with Crippen LogP contribution < -0.4 is 0 Å². The van der Waals surface area contributed by atoms with Gasteiger partial charge in [-0.15, -0.1) is 0 Å². The fourth-order valence-electron chi connectivity index (χ4n) is 0.600. The average Bonchev–Trinajstić information content (AvgIpc) is 1.88. The highest BCUT2D eigenvalue weighted by atomic mass is 19.2. The van der Waals surface area contributed by atoms with Gasteiger partial charge in [-0.2, -0.15) is 4.39 Å². The molecule has 0 heterocycles. The van der Waals surface area contributed by atoms with Gasteiger partial charge >= 0.3 is 5.69 Å². The number of para-hydroxylation sites is 1. The zero-order chi connectivity index (χ0) is 7.56. The lowest BCUT2D eigenvalue weighted by Gasteiger charge is -1.89. The fraction of sp³-hybridized carbons (Fsp3) is 0. The summed E-state index contributed by atoms with van der Waals surface area (Å²) in [6, 6.07) is 5.00. The Balaban J connectivity index is 3.15. The second-order valence-electron chi connectivity index (χ2n) is 1.71. The molecule has 4 heteroatoms. The topological polar surface area (TPSA) is 43.1 Å². The van der Waals surface area contributed by atoms with Gasteiger partial charge in [0.05, 0.1) is 4.92 Å². The van der Waals surface area contributed by atoms with Gasteiger partial charge in [0.15, 0.2) is 0 Å². The van der Waals surface area contributed by atoms with Crippen LogP contribution in [0.1, 0.15) is 0 Å². The fourth-order valence-corrected chi connectivity index (χ4v) is 0.600. The molecule has 0 fully saturated rings. The summed E-state index contributed by atoms with van der Waals surface area (Å²) in [5.41, 5.74) is -0.484. The Morgan fingerprint density at radius 3 is 2.40 bits per heavy atom. The Hall–Kier alpha value is -1.45. The van der Waals surface area contributed by atoms with E-state index in [9.17, 15) is 14.5 Å². The summed E-state index contributed by atoms with van der Waals surface area (Å²) < 4.78 is 12.4. The summed E-state index contributed by atoms with van der Waals surface area (Å²) in [7, 11) is 0. The van der Waals surface area contributed by atoms with Crippen molar-refractivity contribution in [3.05, 3.63) is 40.2 Å². The molecule has 0 unspecified atom stereocenters. The van der Waals surface area contributed by atoms with Crippen molar-refractivity contribution in [1.29, 1.82) is 0 Å². The molecule has 52 valence electrons. The van der Waals surface area contributed by atoms with Crippen molar-refractivity contribution >= 4 is 5.69 Å². The first-order valence-corrected chi connectivity index (χ1v) is 2.61. The second kappa shape index (κ2) is 2.43. The maximum Gasteiger partial charge on any atom is 0.304 e. The van der Waals surface area contributed by atoms with Gasteiger partial charge in [0, 0.05) is 6.07 Å². The molecule has 0 aromatic heterocycles. The summed E-state index contributed by atoms with van der Waals surface area (Å²) in [6.07, 6.45) is 0. The van der Waals surface area contributed by atoms with Gasteiger partial charge in [-0.25, -0.2) is 0 Å². The van der Waals surface area contributed by atoms with Crippen molar-refractivity contribution in [1.82, 2.24) is 0 Å². The van der Waals surface area contributed by atoms with Crippen LogP contribution in [0.3, 0.4) is 0 Å². The molecule has 1 aromatic carbocycles. The summed E-state index contributed by atoms with van der Waals surface area (Å²) in [5, 5.41) is 9.99. The van der Waals surface area contributed by atoms with Crippen molar-refractivity contribution in [3.63, 3.8) is 0 Å². The van der Waals surface area contributed by atoms with Crippen LogP contribution in [0.4, 0.5) is 10.1 Å². The second-order valence-corrected chi connectivity index (χ2v) is 1.71. The van der Waals surface area contributed by atoms with Crippen molar-refractivity contribution in [3.8, 4) is 0 Å². The highest BCUT2D eigenvalue weighted by Gasteiger charge is 2.09. The highest BCUT2D eigenvalue weighted by molar-refractivity contribution is 5.30. The van der Waals surface area contributed by atoms with E-state index in [2.05, 4.69) is 0 Å². The number of nitro groups is 1. The molecule has 0 spiro atoms. The number of hydrogen-bond acceptors (Lipinski definition) is 2. The summed E-state index contributed by atoms with van der Waals surface area (Å²) in [6.45, 7) is 0. The molecule has 10 heavy (non-hydrogen) atoms. The van der Waals surface area contributed by atoms with Crippen LogP contribution >= 0.6 is 0 Å². The Labute approximate surface area is 56.2 Å². The molecule has 0 N–H and O–H groups in total. The number of halogens is 1. The first-order valence-electron chi connectivity index (χ1n) is 2.61. The summed E-state index contributed by atoms with van der Waals surface area (Å²) in [4.78, 5) is 9.23. The van der Waals surface area contributed by atoms with E-state index >= 15 is 0 Å². The minimum absolute atomic E-state index is 0.484. The summed E-state index contributed by atoms with van der Waals surface area (Å²) >= 11 is 0. The molecule has 0 saturated heterocycles. The molecule has 0 amide bonds. The first-order chi connectivity index (χ1) is 4.72. The molecular weight excluding hydrogens is 143 g/mol. The predicted molar refractivity (Wildman–Crippen MR) is 33.1 cm³/mol. The Morgan fingerprint density at radius 1 is 1.40 bits per heavy atom. The normalized spacial score (nSPS) is 9.30. The van der Waals surface area contributed by atoms with E-state index in [4.69, 9.17) is 0 Å². The van der Waals surface area contributed by atoms with E-state index < -0.39 is 16.4 Å². The van der Waals surface area contributed by atoms with E-state index in [1.165, 1.54) is 12.1 Å². The molecule has 3 nitrogen and oxygen atoms in total. The average molecular weight is 147 g/mol. The Bertz CT molecular complexity index is 262. The van der Waals surface area contributed by atoms with Crippen LogP contribution in [-0.2, 0) is 0 Å². The van der Waals surface area contributed by atoms with Crippen molar-refractivity contribution in [2.75, 3.05) is 0 Å². The molecule has 0 aliphatic heterocycles. The monoisotopic (exact) mass is 147 g/mol. The minimum Gasteiger partial charge on any atom is -0.258 e. The zero-order valence-corrected chi connectivity index (χ0v) is 4.95. The molecule has 0 aliphatic carbocycles. The van der Waals surface area contributed by atoms with E-state index in [-0.39, 0.29) is 0 Å². The van der Waals surface area contributed by atoms with Gasteiger partial charge in [-0.1, -0.05) is 12.1 Å². The maximum atomic E-state index is 12.4. The van der Waals surface area contributed by atoms with E-state index in [0.717, 1.165) is 12.1 Å². The van der Waals surface area contributed by atoms with E-state index in [0.29, 0.717) is 0 Å². The number of hydrogen-bond donors (Lipinski definition) is 0. The lowest BCUT2D eigenvalue weighted by Crippen LogP contribution is -1.90. The molecule has 0 saturated carbocycles. The molecule has 1 rings (SSSR count). The molecular formula is C6H4FNO2. The lowest BCUT2D eigenvalue weighted by molar-refractivity contribution is -0.387. The smallest absolute Gasteiger partial charge is 0.258 e. The zero-order valence-electron chi connectivity index (χ0n) is 4.95. The predicted octanol–water partition coefficient (Wildman–Crippen LogP) is 1.73. The van der Waals surface area contributed by atoms with Gasteiger partial charge in [-0.05, 0) is 6.07 Å². The van der Waals surface area contributed by atoms with E-state index in [1.807, 2.05) is 0 Å².